The normalized spacial score (nSPS) is 15.9. The third-order valence-electron chi connectivity index (χ3n) is 4.70. The van der Waals surface area contributed by atoms with Crippen molar-refractivity contribution in [2.75, 3.05) is 14.2 Å². The monoisotopic (exact) mass is 378 g/mol. The Kier molecular flexibility index (Phi) is 6.49. The maximum Gasteiger partial charge on any atom is 0.338 e. The minimum atomic E-state index is -1.18. The molecule has 2 rings (SSSR count). The molecule has 0 bridgehead atoms. The van der Waals surface area contributed by atoms with Crippen LogP contribution in [0.25, 0.3) is 0 Å². The number of nitro benzene ring substituents is 1. The van der Waals surface area contributed by atoms with E-state index in [9.17, 15) is 24.5 Å². The van der Waals surface area contributed by atoms with Crippen molar-refractivity contribution in [3.05, 3.63) is 39.4 Å². The summed E-state index contributed by atoms with van der Waals surface area (Å²) in [4.78, 5) is 47.4. The predicted octanol–water partition coefficient (Wildman–Crippen LogP) is 2.38. The van der Waals surface area contributed by atoms with Crippen molar-refractivity contribution in [1.29, 1.82) is 0 Å². The number of esters is 2. The summed E-state index contributed by atoms with van der Waals surface area (Å²) in [6.07, 6.45) is 4.22. The van der Waals surface area contributed by atoms with Crippen molar-refractivity contribution < 1.29 is 28.8 Å². The number of methoxy groups -OCH3 is 2. The van der Waals surface area contributed by atoms with E-state index < -0.39 is 34.0 Å². The second-order valence-electron chi connectivity index (χ2n) is 6.46. The zero-order chi connectivity index (χ0) is 20.0. The van der Waals surface area contributed by atoms with Crippen LogP contribution >= 0.6 is 0 Å². The summed E-state index contributed by atoms with van der Waals surface area (Å²) in [7, 11) is 2.39. The molecule has 1 N–H and O–H groups in total. The van der Waals surface area contributed by atoms with Gasteiger partial charge in [0.25, 0.3) is 11.6 Å². The van der Waals surface area contributed by atoms with Crippen molar-refractivity contribution in [3.63, 3.8) is 0 Å². The molecule has 0 radical (unpaired) electrons. The van der Waals surface area contributed by atoms with E-state index in [0.717, 1.165) is 44.9 Å². The molecule has 9 heteroatoms. The first-order valence-corrected chi connectivity index (χ1v) is 8.62. The van der Waals surface area contributed by atoms with Crippen molar-refractivity contribution in [3.8, 4) is 0 Å². The third kappa shape index (κ3) is 4.60. The van der Waals surface area contributed by atoms with Crippen LogP contribution in [0.2, 0.25) is 0 Å². The minimum Gasteiger partial charge on any atom is -0.467 e. The molecule has 1 aromatic rings. The van der Waals surface area contributed by atoms with Gasteiger partial charge in [0, 0.05) is 17.7 Å². The summed E-state index contributed by atoms with van der Waals surface area (Å²) < 4.78 is 9.47. The van der Waals surface area contributed by atoms with Gasteiger partial charge in [0.05, 0.1) is 24.7 Å². The molecule has 0 heterocycles. The molecule has 1 saturated carbocycles. The van der Waals surface area contributed by atoms with Gasteiger partial charge in [0.2, 0.25) is 0 Å². The average Bonchev–Trinajstić information content (AvgIpc) is 2.92. The fourth-order valence-electron chi connectivity index (χ4n) is 3.28. The summed E-state index contributed by atoms with van der Waals surface area (Å²) in [6, 6.07) is 3.30. The number of hydrogen-bond acceptors (Lipinski definition) is 7. The topological polar surface area (TPSA) is 125 Å². The quantitative estimate of drug-likeness (QED) is 0.361. The highest BCUT2D eigenvalue weighted by atomic mass is 16.6. The summed E-state index contributed by atoms with van der Waals surface area (Å²) in [5.74, 6) is -2.03. The highest BCUT2D eigenvalue weighted by molar-refractivity contribution is 6.01. The first-order valence-electron chi connectivity index (χ1n) is 8.62. The SMILES string of the molecule is COC(=O)c1cc(C(=O)NC2(C(=O)OC)CCCCCC2)cc([N+](=O)[O-])c1. The lowest BCUT2D eigenvalue weighted by atomic mass is 9.89. The first kappa shape index (κ1) is 20.3. The molecule has 1 amide bonds. The Morgan fingerprint density at radius 3 is 2.11 bits per heavy atom. The maximum atomic E-state index is 12.8. The van der Waals surface area contributed by atoms with Gasteiger partial charge in [-0.2, -0.15) is 0 Å². The Morgan fingerprint density at radius 2 is 1.59 bits per heavy atom. The van der Waals surface area contributed by atoms with Crippen molar-refractivity contribution in [1.82, 2.24) is 5.32 Å². The van der Waals surface area contributed by atoms with E-state index in [1.807, 2.05) is 0 Å². The fraction of sp³-hybridized carbons (Fsp3) is 0.500. The van der Waals surface area contributed by atoms with E-state index in [2.05, 4.69) is 10.1 Å². The first-order chi connectivity index (χ1) is 12.8. The smallest absolute Gasteiger partial charge is 0.338 e. The molecule has 146 valence electrons. The standard InChI is InChI=1S/C18H22N2O7/c1-26-16(22)13-9-12(10-14(11-13)20(24)25)15(21)19-18(17(23)27-2)7-5-3-4-6-8-18/h9-11H,3-8H2,1-2H3,(H,19,21). The Balaban J connectivity index is 2.39. The number of amides is 1. The zero-order valence-corrected chi connectivity index (χ0v) is 15.3. The van der Waals surface area contributed by atoms with Gasteiger partial charge in [-0.15, -0.1) is 0 Å². The minimum absolute atomic E-state index is 0.0999. The lowest BCUT2D eigenvalue weighted by molar-refractivity contribution is -0.384. The van der Waals surface area contributed by atoms with Crippen LogP contribution < -0.4 is 5.32 Å². The molecular weight excluding hydrogens is 356 g/mol. The number of carbonyl (C=O) groups excluding carboxylic acids is 3. The predicted molar refractivity (Wildman–Crippen MR) is 94.4 cm³/mol. The number of rotatable bonds is 5. The van der Waals surface area contributed by atoms with Gasteiger partial charge in [-0.3, -0.25) is 14.9 Å². The average molecular weight is 378 g/mol. The number of nitrogens with zero attached hydrogens (tertiary/aromatic N) is 1. The molecule has 1 fully saturated rings. The molecule has 1 aliphatic rings. The number of carbonyl (C=O) groups is 3. The van der Waals surface area contributed by atoms with E-state index in [4.69, 9.17) is 4.74 Å². The third-order valence-corrected chi connectivity index (χ3v) is 4.70. The molecule has 0 atom stereocenters. The van der Waals surface area contributed by atoms with Crippen molar-refractivity contribution in [2.45, 2.75) is 44.1 Å². The molecule has 1 aromatic carbocycles. The van der Waals surface area contributed by atoms with E-state index >= 15 is 0 Å². The van der Waals surface area contributed by atoms with E-state index in [0.29, 0.717) is 12.8 Å². The second kappa shape index (κ2) is 8.61. The summed E-state index contributed by atoms with van der Waals surface area (Å²) in [5.41, 5.74) is -1.82. The Bertz CT molecular complexity index is 752. The van der Waals surface area contributed by atoms with Crippen LogP contribution in [0.3, 0.4) is 0 Å². The number of hydrogen-bond donors (Lipinski definition) is 1. The highest BCUT2D eigenvalue weighted by Crippen LogP contribution is 2.29. The van der Waals surface area contributed by atoms with Gasteiger partial charge in [0.1, 0.15) is 5.54 Å². The van der Waals surface area contributed by atoms with Gasteiger partial charge in [-0.25, -0.2) is 9.59 Å². The lowest BCUT2D eigenvalue weighted by Gasteiger charge is -2.30. The second-order valence-corrected chi connectivity index (χ2v) is 6.46. The van der Waals surface area contributed by atoms with Crippen LogP contribution in [0.1, 0.15) is 59.2 Å². The summed E-state index contributed by atoms with van der Waals surface area (Å²) in [6.45, 7) is 0. The number of nitro groups is 1. The van der Waals surface area contributed by atoms with Gasteiger partial charge in [-0.1, -0.05) is 25.7 Å². The van der Waals surface area contributed by atoms with Crippen molar-refractivity contribution >= 4 is 23.5 Å². The molecule has 1 aliphatic carbocycles. The molecule has 0 saturated heterocycles. The highest BCUT2D eigenvalue weighted by Gasteiger charge is 2.41. The number of nitrogens with one attached hydrogen (secondary N) is 1. The zero-order valence-electron chi connectivity index (χ0n) is 15.3. The molecule has 0 aromatic heterocycles. The molecular formula is C18H22N2O7. The van der Waals surface area contributed by atoms with Gasteiger partial charge in [0.15, 0.2) is 0 Å². The Hall–Kier alpha value is -2.97. The molecule has 27 heavy (non-hydrogen) atoms. The summed E-state index contributed by atoms with van der Waals surface area (Å²) in [5, 5.41) is 13.8. The van der Waals surface area contributed by atoms with Gasteiger partial charge >= 0.3 is 11.9 Å². The van der Waals surface area contributed by atoms with E-state index in [-0.39, 0.29) is 11.1 Å². The van der Waals surface area contributed by atoms with Crippen LogP contribution in [-0.4, -0.2) is 42.5 Å². The fourth-order valence-corrected chi connectivity index (χ4v) is 3.28. The van der Waals surface area contributed by atoms with Crippen LogP contribution in [-0.2, 0) is 14.3 Å². The van der Waals surface area contributed by atoms with E-state index in [1.54, 1.807) is 0 Å². The Labute approximate surface area is 156 Å². The van der Waals surface area contributed by atoms with Crippen molar-refractivity contribution in [2.24, 2.45) is 0 Å². The molecule has 0 unspecified atom stereocenters. The van der Waals surface area contributed by atoms with Crippen LogP contribution in [0.15, 0.2) is 18.2 Å². The number of ether oxygens (including phenoxy) is 2. The van der Waals surface area contributed by atoms with Crippen LogP contribution in [0.5, 0.6) is 0 Å². The largest absolute Gasteiger partial charge is 0.467 e. The van der Waals surface area contributed by atoms with Gasteiger partial charge < -0.3 is 14.8 Å². The number of non-ortho nitro benzene ring substituents is 1. The summed E-state index contributed by atoms with van der Waals surface area (Å²) >= 11 is 0. The van der Waals surface area contributed by atoms with Gasteiger partial charge in [-0.05, 0) is 18.9 Å². The molecule has 9 nitrogen and oxygen atoms in total. The Morgan fingerprint density at radius 1 is 1.00 bits per heavy atom. The number of benzene rings is 1. The van der Waals surface area contributed by atoms with E-state index in [1.165, 1.54) is 13.2 Å². The molecule has 0 aliphatic heterocycles. The lowest BCUT2D eigenvalue weighted by Crippen LogP contribution is -2.54. The van der Waals surface area contributed by atoms with Crippen LogP contribution in [0.4, 0.5) is 5.69 Å². The maximum absolute atomic E-state index is 12.8. The molecule has 0 spiro atoms. The van der Waals surface area contributed by atoms with Crippen LogP contribution in [0, 0.1) is 10.1 Å².